The van der Waals surface area contributed by atoms with Gasteiger partial charge >= 0.3 is 0 Å². The molecule has 0 saturated heterocycles. The first-order chi connectivity index (χ1) is 7.04. The van der Waals surface area contributed by atoms with E-state index in [2.05, 4.69) is 20.3 Å². The molecular formula is C9H16N6. The largest absolute Gasteiger partial charge is 0.367 e. The lowest BCUT2D eigenvalue weighted by atomic mass is 10.4. The zero-order chi connectivity index (χ0) is 11.4. The van der Waals surface area contributed by atoms with Crippen molar-refractivity contribution in [1.29, 1.82) is 0 Å². The lowest BCUT2D eigenvalue weighted by Gasteiger charge is -2.07. The Labute approximate surface area is 88.9 Å². The lowest BCUT2D eigenvalue weighted by Crippen LogP contribution is -2.10. The summed E-state index contributed by atoms with van der Waals surface area (Å²) >= 11 is 0. The Morgan fingerprint density at radius 3 is 2.67 bits per heavy atom. The molecule has 0 spiro atoms. The van der Waals surface area contributed by atoms with Gasteiger partial charge < -0.3 is 5.73 Å². The van der Waals surface area contributed by atoms with Crippen molar-refractivity contribution in [2.75, 3.05) is 7.05 Å². The summed E-state index contributed by atoms with van der Waals surface area (Å²) in [6, 6.07) is 1.99. The molecule has 0 amide bonds. The molecule has 0 aliphatic carbocycles. The van der Waals surface area contributed by atoms with Crippen molar-refractivity contribution in [3.05, 3.63) is 17.5 Å². The van der Waals surface area contributed by atoms with Gasteiger partial charge in [0.2, 0.25) is 5.96 Å². The minimum absolute atomic E-state index is 0.168. The monoisotopic (exact) mass is 208 g/mol. The van der Waals surface area contributed by atoms with Crippen LogP contribution in [-0.2, 0) is 0 Å². The van der Waals surface area contributed by atoms with Gasteiger partial charge in [0.05, 0.1) is 5.69 Å². The summed E-state index contributed by atoms with van der Waals surface area (Å²) in [6.45, 7) is 5.81. The molecule has 0 aliphatic heterocycles. The lowest BCUT2D eigenvalue weighted by molar-refractivity contribution is 0.480. The van der Waals surface area contributed by atoms with Crippen LogP contribution in [0.1, 0.15) is 24.5 Å². The average molecular weight is 208 g/mol. The van der Waals surface area contributed by atoms with Gasteiger partial charge in [0.1, 0.15) is 0 Å². The zero-order valence-corrected chi connectivity index (χ0v) is 9.47. The van der Waals surface area contributed by atoms with Crippen molar-refractivity contribution in [2.45, 2.75) is 26.9 Å². The summed E-state index contributed by atoms with van der Waals surface area (Å²) in [7, 11) is 1.57. The SMILES string of the molecule is CN=C(N)N=NC(C)n1nc(C)cc1C. The number of aromatic nitrogens is 2. The highest BCUT2D eigenvalue weighted by Gasteiger charge is 2.07. The topological polar surface area (TPSA) is 80.9 Å². The van der Waals surface area contributed by atoms with E-state index in [1.165, 1.54) is 0 Å². The molecule has 1 aromatic rings. The molecule has 1 rings (SSSR count). The normalized spacial score (nSPS) is 14.8. The van der Waals surface area contributed by atoms with Gasteiger partial charge in [-0.2, -0.15) is 10.2 Å². The third kappa shape index (κ3) is 2.87. The molecule has 6 heteroatoms. The van der Waals surface area contributed by atoms with Crippen LogP contribution in [-0.4, -0.2) is 22.8 Å². The molecule has 82 valence electrons. The maximum Gasteiger partial charge on any atom is 0.234 e. The van der Waals surface area contributed by atoms with Crippen molar-refractivity contribution in [2.24, 2.45) is 21.0 Å². The Balaban J connectivity index is 2.81. The van der Waals surface area contributed by atoms with Crippen molar-refractivity contribution in [1.82, 2.24) is 9.78 Å². The molecule has 1 aromatic heterocycles. The fourth-order valence-corrected chi connectivity index (χ4v) is 1.26. The Morgan fingerprint density at radius 2 is 2.20 bits per heavy atom. The van der Waals surface area contributed by atoms with Crippen LogP contribution >= 0.6 is 0 Å². The summed E-state index contributed by atoms with van der Waals surface area (Å²) in [6.07, 6.45) is -0.168. The van der Waals surface area contributed by atoms with Crippen LogP contribution in [0.2, 0.25) is 0 Å². The number of hydrogen-bond donors (Lipinski definition) is 1. The van der Waals surface area contributed by atoms with Crippen molar-refractivity contribution in [3.8, 4) is 0 Å². The predicted molar refractivity (Wildman–Crippen MR) is 58.8 cm³/mol. The van der Waals surface area contributed by atoms with Crippen LogP contribution in [0.25, 0.3) is 0 Å². The number of azo groups is 1. The third-order valence-electron chi connectivity index (χ3n) is 1.95. The van der Waals surface area contributed by atoms with Gasteiger partial charge in [-0.25, -0.2) is 4.68 Å². The fraction of sp³-hybridized carbons (Fsp3) is 0.556. The van der Waals surface area contributed by atoms with Gasteiger partial charge in [0.25, 0.3) is 0 Å². The summed E-state index contributed by atoms with van der Waals surface area (Å²) in [5, 5.41) is 12.1. The highest BCUT2D eigenvalue weighted by molar-refractivity contribution is 5.77. The Morgan fingerprint density at radius 1 is 1.53 bits per heavy atom. The summed E-state index contributed by atoms with van der Waals surface area (Å²) < 4.78 is 1.79. The molecule has 0 aromatic carbocycles. The van der Waals surface area contributed by atoms with E-state index >= 15 is 0 Å². The highest BCUT2D eigenvalue weighted by Crippen LogP contribution is 2.11. The van der Waals surface area contributed by atoms with E-state index in [1.807, 2.05) is 26.8 Å². The van der Waals surface area contributed by atoms with Crippen LogP contribution in [0.15, 0.2) is 21.3 Å². The number of nitrogens with zero attached hydrogens (tertiary/aromatic N) is 5. The number of aliphatic imine (C=N–C) groups is 1. The Bertz CT molecular complexity index is 389. The molecule has 0 radical (unpaired) electrons. The molecule has 6 nitrogen and oxygen atoms in total. The van der Waals surface area contributed by atoms with E-state index in [1.54, 1.807) is 11.7 Å². The minimum atomic E-state index is -0.168. The summed E-state index contributed by atoms with van der Waals surface area (Å²) in [5.74, 6) is 0.170. The van der Waals surface area contributed by atoms with E-state index in [9.17, 15) is 0 Å². The minimum Gasteiger partial charge on any atom is -0.367 e. The second kappa shape index (κ2) is 4.68. The van der Waals surface area contributed by atoms with Crippen molar-refractivity contribution < 1.29 is 0 Å². The molecule has 0 saturated carbocycles. The second-order valence-electron chi connectivity index (χ2n) is 3.30. The fourth-order valence-electron chi connectivity index (χ4n) is 1.26. The smallest absolute Gasteiger partial charge is 0.234 e. The van der Waals surface area contributed by atoms with Gasteiger partial charge in [0.15, 0.2) is 6.17 Å². The van der Waals surface area contributed by atoms with Gasteiger partial charge in [-0.1, -0.05) is 0 Å². The van der Waals surface area contributed by atoms with E-state index in [0.717, 1.165) is 11.4 Å². The average Bonchev–Trinajstić information content (AvgIpc) is 2.53. The van der Waals surface area contributed by atoms with Gasteiger partial charge in [-0.05, 0) is 26.8 Å². The standard InChI is InChI=1S/C9H16N6/c1-6-5-7(2)15(14-6)8(3)12-13-9(10)11-4/h5,8H,1-4H3,(H2,10,11). The van der Waals surface area contributed by atoms with Crippen molar-refractivity contribution in [3.63, 3.8) is 0 Å². The third-order valence-corrected chi connectivity index (χ3v) is 1.95. The molecule has 15 heavy (non-hydrogen) atoms. The molecule has 1 atom stereocenters. The predicted octanol–water partition coefficient (Wildman–Crippen LogP) is 1.42. The molecule has 1 heterocycles. The van der Waals surface area contributed by atoms with Crippen molar-refractivity contribution >= 4 is 5.96 Å². The number of nitrogens with two attached hydrogens (primary N) is 1. The van der Waals surface area contributed by atoms with Crippen LogP contribution in [0, 0.1) is 13.8 Å². The van der Waals surface area contributed by atoms with Gasteiger partial charge in [-0.3, -0.25) is 4.99 Å². The summed E-state index contributed by atoms with van der Waals surface area (Å²) in [4.78, 5) is 3.69. The van der Waals surface area contributed by atoms with Gasteiger partial charge in [-0.15, -0.1) is 5.11 Å². The first-order valence-electron chi connectivity index (χ1n) is 4.70. The van der Waals surface area contributed by atoms with E-state index in [0.29, 0.717) is 0 Å². The zero-order valence-electron chi connectivity index (χ0n) is 9.47. The van der Waals surface area contributed by atoms with Crippen LogP contribution in [0.4, 0.5) is 0 Å². The van der Waals surface area contributed by atoms with Gasteiger partial charge in [0, 0.05) is 12.7 Å². The van der Waals surface area contributed by atoms with Crippen LogP contribution in [0.5, 0.6) is 0 Å². The molecule has 1 unspecified atom stereocenters. The van der Waals surface area contributed by atoms with E-state index in [-0.39, 0.29) is 12.1 Å². The van der Waals surface area contributed by atoms with Crippen LogP contribution < -0.4 is 5.73 Å². The maximum atomic E-state index is 5.40. The maximum absolute atomic E-state index is 5.40. The first-order valence-corrected chi connectivity index (χ1v) is 4.70. The first kappa shape index (κ1) is 11.4. The second-order valence-corrected chi connectivity index (χ2v) is 3.30. The van der Waals surface area contributed by atoms with Crippen LogP contribution in [0.3, 0.4) is 0 Å². The Kier molecular flexibility index (Phi) is 3.54. The van der Waals surface area contributed by atoms with E-state index < -0.39 is 0 Å². The number of guanidine groups is 1. The quantitative estimate of drug-likeness (QED) is 0.453. The van der Waals surface area contributed by atoms with E-state index in [4.69, 9.17) is 5.73 Å². The Hall–Kier alpha value is -1.72. The molecule has 0 bridgehead atoms. The molecule has 0 aliphatic rings. The molecular weight excluding hydrogens is 192 g/mol. The number of hydrogen-bond acceptors (Lipinski definition) is 3. The number of rotatable bonds is 2. The molecule has 2 N–H and O–H groups in total. The highest BCUT2D eigenvalue weighted by atomic mass is 15.4. The summed E-state index contributed by atoms with van der Waals surface area (Å²) in [5.41, 5.74) is 7.41. The molecule has 0 fully saturated rings. The number of aryl methyl sites for hydroxylation is 2.